The first-order valence-corrected chi connectivity index (χ1v) is 10.2. The number of amides is 1. The number of carbonyl (C=O) groups is 1. The second kappa shape index (κ2) is 9.64. The quantitative estimate of drug-likeness (QED) is 0.686. The maximum atomic E-state index is 12.7. The van der Waals surface area contributed by atoms with Gasteiger partial charge in [-0.05, 0) is 38.0 Å². The second-order valence-electron chi connectivity index (χ2n) is 6.54. The van der Waals surface area contributed by atoms with Crippen molar-refractivity contribution in [1.82, 2.24) is 10.0 Å². The molecule has 0 aliphatic rings. The number of nitrogens with one attached hydrogen (secondary N) is 2. The Hall–Kier alpha value is -2.22. The van der Waals surface area contributed by atoms with Crippen molar-refractivity contribution < 1.29 is 17.9 Å². The third-order valence-electron chi connectivity index (χ3n) is 4.03. The summed E-state index contributed by atoms with van der Waals surface area (Å²) < 4.78 is 33.1. The standard InChI is InChI=1S/C20H26N2O4S/c1-15-9-11-18(12-10-15)27(24,25)22-19(13-17-7-5-4-6-8-17)20(23)21-16(2)14-26-3/h4-12,16,19,22H,13-14H2,1-3H3,(H,21,23)/t16-,19-/m1/s1. The number of sulfonamides is 1. The molecule has 0 heterocycles. The fourth-order valence-electron chi connectivity index (χ4n) is 2.65. The lowest BCUT2D eigenvalue weighted by Gasteiger charge is -2.21. The van der Waals surface area contributed by atoms with Crippen molar-refractivity contribution in [3.8, 4) is 0 Å². The highest BCUT2D eigenvalue weighted by Crippen LogP contribution is 2.12. The molecule has 2 rings (SSSR count). The Morgan fingerprint density at radius 1 is 1.07 bits per heavy atom. The minimum Gasteiger partial charge on any atom is -0.383 e. The van der Waals surface area contributed by atoms with Gasteiger partial charge in [-0.25, -0.2) is 8.42 Å². The van der Waals surface area contributed by atoms with Crippen molar-refractivity contribution in [2.24, 2.45) is 0 Å². The molecule has 0 aliphatic heterocycles. The Labute approximate surface area is 161 Å². The Morgan fingerprint density at radius 3 is 2.30 bits per heavy atom. The fraction of sp³-hybridized carbons (Fsp3) is 0.350. The monoisotopic (exact) mass is 390 g/mol. The molecule has 2 aromatic carbocycles. The highest BCUT2D eigenvalue weighted by atomic mass is 32.2. The summed E-state index contributed by atoms with van der Waals surface area (Å²) in [5.74, 6) is -0.390. The summed E-state index contributed by atoms with van der Waals surface area (Å²) in [7, 11) is -2.29. The summed E-state index contributed by atoms with van der Waals surface area (Å²) in [5, 5.41) is 2.79. The average molecular weight is 391 g/mol. The van der Waals surface area contributed by atoms with Crippen LogP contribution in [0.3, 0.4) is 0 Å². The number of hydrogen-bond acceptors (Lipinski definition) is 4. The van der Waals surface area contributed by atoms with E-state index in [9.17, 15) is 13.2 Å². The van der Waals surface area contributed by atoms with Gasteiger partial charge in [-0.3, -0.25) is 4.79 Å². The van der Waals surface area contributed by atoms with Gasteiger partial charge in [0.15, 0.2) is 0 Å². The van der Waals surface area contributed by atoms with Crippen molar-refractivity contribution in [3.63, 3.8) is 0 Å². The van der Waals surface area contributed by atoms with Gasteiger partial charge in [0.2, 0.25) is 15.9 Å². The molecular formula is C20H26N2O4S. The van der Waals surface area contributed by atoms with E-state index >= 15 is 0 Å². The van der Waals surface area contributed by atoms with Crippen molar-refractivity contribution in [3.05, 3.63) is 65.7 Å². The van der Waals surface area contributed by atoms with Gasteiger partial charge in [-0.2, -0.15) is 4.72 Å². The lowest BCUT2D eigenvalue weighted by molar-refractivity contribution is -0.123. The number of aryl methyl sites for hydroxylation is 1. The molecule has 0 fully saturated rings. The number of benzene rings is 2. The molecule has 0 radical (unpaired) electrons. The number of rotatable bonds is 9. The second-order valence-corrected chi connectivity index (χ2v) is 8.26. The summed E-state index contributed by atoms with van der Waals surface area (Å²) in [6.07, 6.45) is 0.247. The normalized spacial score (nSPS) is 13.7. The van der Waals surface area contributed by atoms with Crippen LogP contribution in [0.15, 0.2) is 59.5 Å². The lowest BCUT2D eigenvalue weighted by atomic mass is 10.1. The van der Waals surface area contributed by atoms with Gasteiger partial charge < -0.3 is 10.1 Å². The van der Waals surface area contributed by atoms with E-state index in [-0.39, 0.29) is 23.3 Å². The molecule has 2 aromatic rings. The Balaban J connectivity index is 2.22. The molecule has 2 N–H and O–H groups in total. The van der Waals surface area contributed by atoms with Crippen LogP contribution in [0.1, 0.15) is 18.1 Å². The smallest absolute Gasteiger partial charge is 0.241 e. The predicted octanol–water partition coefficient (Wildman–Crippen LogP) is 2.04. The first-order chi connectivity index (χ1) is 12.8. The number of methoxy groups -OCH3 is 1. The van der Waals surface area contributed by atoms with E-state index in [2.05, 4.69) is 10.0 Å². The molecule has 146 valence electrons. The summed E-state index contributed by atoms with van der Waals surface area (Å²) in [5.41, 5.74) is 1.82. The van der Waals surface area contributed by atoms with Crippen LogP contribution in [0.5, 0.6) is 0 Å². The van der Waals surface area contributed by atoms with Gasteiger partial charge in [0.05, 0.1) is 11.5 Å². The number of ether oxygens (including phenoxy) is 1. The average Bonchev–Trinajstić information content (AvgIpc) is 2.62. The Bertz CT molecular complexity index is 836. The molecule has 27 heavy (non-hydrogen) atoms. The van der Waals surface area contributed by atoms with Gasteiger partial charge in [0.1, 0.15) is 6.04 Å². The molecule has 0 aromatic heterocycles. The van der Waals surface area contributed by atoms with Crippen LogP contribution in [0.4, 0.5) is 0 Å². The van der Waals surface area contributed by atoms with E-state index in [1.165, 1.54) is 12.1 Å². The van der Waals surface area contributed by atoms with Crippen molar-refractivity contribution >= 4 is 15.9 Å². The molecular weight excluding hydrogens is 364 g/mol. The topological polar surface area (TPSA) is 84.5 Å². The van der Waals surface area contributed by atoms with Gasteiger partial charge in [-0.15, -0.1) is 0 Å². The lowest BCUT2D eigenvalue weighted by Crippen LogP contribution is -2.50. The molecule has 0 spiro atoms. The van der Waals surface area contributed by atoms with E-state index in [0.717, 1.165) is 11.1 Å². The first kappa shape index (κ1) is 21.1. The zero-order valence-corrected chi connectivity index (χ0v) is 16.6. The Morgan fingerprint density at radius 2 is 1.70 bits per heavy atom. The highest BCUT2D eigenvalue weighted by molar-refractivity contribution is 7.89. The van der Waals surface area contributed by atoms with E-state index in [1.54, 1.807) is 26.2 Å². The Kier molecular flexibility index (Phi) is 7.53. The summed E-state index contributed by atoms with van der Waals surface area (Å²) >= 11 is 0. The third kappa shape index (κ3) is 6.46. The summed E-state index contributed by atoms with van der Waals surface area (Å²) in [4.78, 5) is 12.8. The van der Waals surface area contributed by atoms with Crippen LogP contribution in [0.25, 0.3) is 0 Å². The molecule has 0 bridgehead atoms. The fourth-order valence-corrected chi connectivity index (χ4v) is 3.84. The van der Waals surface area contributed by atoms with Crippen LogP contribution >= 0.6 is 0 Å². The molecule has 1 amide bonds. The molecule has 0 saturated carbocycles. The summed E-state index contributed by atoms with van der Waals surface area (Å²) in [6.45, 7) is 4.02. The molecule has 0 saturated heterocycles. The minimum absolute atomic E-state index is 0.129. The van der Waals surface area contributed by atoms with Gasteiger partial charge >= 0.3 is 0 Å². The molecule has 7 heteroatoms. The highest BCUT2D eigenvalue weighted by Gasteiger charge is 2.26. The van der Waals surface area contributed by atoms with E-state index < -0.39 is 16.1 Å². The zero-order chi connectivity index (χ0) is 19.9. The van der Waals surface area contributed by atoms with Crippen LogP contribution in [0.2, 0.25) is 0 Å². The van der Waals surface area contributed by atoms with E-state index in [4.69, 9.17) is 4.74 Å². The van der Waals surface area contributed by atoms with Gasteiger partial charge in [0.25, 0.3) is 0 Å². The first-order valence-electron chi connectivity index (χ1n) is 8.74. The van der Waals surface area contributed by atoms with E-state index in [0.29, 0.717) is 6.61 Å². The van der Waals surface area contributed by atoms with Crippen LogP contribution in [-0.2, 0) is 26.0 Å². The predicted molar refractivity (Wildman–Crippen MR) is 105 cm³/mol. The van der Waals surface area contributed by atoms with Gasteiger partial charge in [0, 0.05) is 13.2 Å². The van der Waals surface area contributed by atoms with E-state index in [1.807, 2.05) is 37.3 Å². The van der Waals surface area contributed by atoms with Crippen molar-refractivity contribution in [2.75, 3.05) is 13.7 Å². The van der Waals surface area contributed by atoms with Crippen LogP contribution < -0.4 is 10.0 Å². The van der Waals surface area contributed by atoms with Gasteiger partial charge in [-0.1, -0.05) is 48.0 Å². The third-order valence-corrected chi connectivity index (χ3v) is 5.52. The maximum absolute atomic E-state index is 12.7. The maximum Gasteiger partial charge on any atom is 0.241 e. The van der Waals surface area contributed by atoms with Crippen LogP contribution in [-0.4, -0.2) is 40.1 Å². The van der Waals surface area contributed by atoms with Crippen LogP contribution in [0, 0.1) is 6.92 Å². The molecule has 0 aliphatic carbocycles. The zero-order valence-electron chi connectivity index (χ0n) is 15.8. The molecule has 2 atom stereocenters. The molecule has 6 nitrogen and oxygen atoms in total. The largest absolute Gasteiger partial charge is 0.383 e. The van der Waals surface area contributed by atoms with Crippen molar-refractivity contribution in [2.45, 2.75) is 37.2 Å². The number of carbonyl (C=O) groups excluding carboxylic acids is 1. The minimum atomic E-state index is -3.83. The number of hydrogen-bond donors (Lipinski definition) is 2. The molecule has 0 unspecified atom stereocenters. The summed E-state index contributed by atoms with van der Waals surface area (Å²) in [6, 6.07) is 14.6. The van der Waals surface area contributed by atoms with Crippen molar-refractivity contribution in [1.29, 1.82) is 0 Å². The SMILES string of the molecule is COC[C@@H](C)NC(=O)[C@@H](Cc1ccccc1)NS(=O)(=O)c1ccc(C)cc1.